The molecule has 0 saturated carbocycles. The SMILES string of the molecule is CC1(CCCCCN=[N+]=[N-])c2ccc([nH]2)C(C)(CCCCCN=[N+]=[N-])c2ccc([nH]2)C(C)(CCCCCN=[N+]=[N-])c2ccc([nH]2)C(C)(CCCCCN=[N+]=[N-])c2ccc1[nH]2. The number of hydrogen-bond acceptors (Lipinski definition) is 4. The van der Waals surface area contributed by atoms with Crippen LogP contribution in [0.25, 0.3) is 41.8 Å². The molecule has 0 aliphatic carbocycles. The van der Waals surface area contributed by atoms with Gasteiger partial charge in [-0.1, -0.05) is 71.8 Å². The number of azide groups is 4. The van der Waals surface area contributed by atoms with Gasteiger partial charge in [0.05, 0.1) is 0 Å². The van der Waals surface area contributed by atoms with Crippen LogP contribution in [-0.4, -0.2) is 46.1 Å². The Hall–Kier alpha value is -5.64. The monoisotopic (exact) mass is 817 g/mol. The maximum atomic E-state index is 8.84. The van der Waals surface area contributed by atoms with Gasteiger partial charge in [0, 0.05) is 113 Å². The van der Waals surface area contributed by atoms with Crippen molar-refractivity contribution < 1.29 is 0 Å². The van der Waals surface area contributed by atoms with Crippen LogP contribution in [0.4, 0.5) is 0 Å². The Balaban J connectivity index is 1.64. The van der Waals surface area contributed by atoms with E-state index in [0.717, 1.165) is 148 Å². The highest BCUT2D eigenvalue weighted by atomic mass is 15.1. The first kappa shape index (κ1) is 45.4. The van der Waals surface area contributed by atoms with E-state index in [0.29, 0.717) is 26.2 Å². The molecule has 0 unspecified atom stereocenters. The van der Waals surface area contributed by atoms with Gasteiger partial charge < -0.3 is 19.9 Å². The smallest absolute Gasteiger partial charge is 0.0475 e. The third-order valence-corrected chi connectivity index (χ3v) is 13.5. The summed E-state index contributed by atoms with van der Waals surface area (Å²) in [6.07, 6.45) is 14.7. The second-order valence-electron chi connectivity index (χ2n) is 17.5. The highest BCUT2D eigenvalue weighted by molar-refractivity contribution is 5.44. The first-order chi connectivity index (χ1) is 29.1. The minimum Gasteiger partial charge on any atom is -0.361 e. The molecule has 16 nitrogen and oxygen atoms in total. The van der Waals surface area contributed by atoms with Gasteiger partial charge >= 0.3 is 0 Å². The first-order valence-electron chi connectivity index (χ1n) is 21.9. The van der Waals surface area contributed by atoms with Crippen molar-refractivity contribution in [3.8, 4) is 0 Å². The normalized spacial score (nSPS) is 21.9. The topological polar surface area (TPSA) is 258 Å². The van der Waals surface area contributed by atoms with Crippen LogP contribution in [-0.2, 0) is 21.7 Å². The van der Waals surface area contributed by atoms with Gasteiger partial charge in [-0.25, -0.2) is 0 Å². The highest BCUT2D eigenvalue weighted by Gasteiger charge is 2.41. The number of aromatic nitrogens is 4. The molecule has 60 heavy (non-hydrogen) atoms. The highest BCUT2D eigenvalue weighted by Crippen LogP contribution is 2.46. The molecule has 1 aliphatic rings. The van der Waals surface area contributed by atoms with Crippen LogP contribution in [0.3, 0.4) is 0 Å². The van der Waals surface area contributed by atoms with Gasteiger partial charge in [0.2, 0.25) is 0 Å². The van der Waals surface area contributed by atoms with E-state index in [1.54, 1.807) is 0 Å². The number of unbranched alkanes of at least 4 members (excludes halogenated alkanes) is 8. The van der Waals surface area contributed by atoms with Crippen molar-refractivity contribution in [1.82, 2.24) is 19.9 Å². The van der Waals surface area contributed by atoms with Gasteiger partial charge in [0.25, 0.3) is 0 Å². The summed E-state index contributed by atoms with van der Waals surface area (Å²) in [4.78, 5) is 27.8. The Morgan fingerprint density at radius 2 is 0.517 bits per heavy atom. The fourth-order valence-corrected chi connectivity index (χ4v) is 9.34. The van der Waals surface area contributed by atoms with Gasteiger partial charge in [-0.3, -0.25) is 0 Å². The standard InChI is InChI=1S/C44H64N16/c1-41(25-9-5-13-29-49-57-45)33-17-19-35(53-33)42(2,26-10-6-14-30-50-58-46)37-21-23-39(55-37)44(4,28-12-8-16-32-52-60-48)40-24-22-38(56-40)43(3,36-20-18-34(41)54-36)27-11-7-15-31-51-59-47/h17-24,53-56H,5-16,25-32H2,1-4H3. The van der Waals surface area contributed by atoms with E-state index >= 15 is 0 Å². The predicted molar refractivity (Wildman–Crippen MR) is 239 cm³/mol. The third kappa shape index (κ3) is 10.6. The van der Waals surface area contributed by atoms with Crippen molar-refractivity contribution in [1.29, 1.82) is 0 Å². The van der Waals surface area contributed by atoms with Crippen LogP contribution >= 0.6 is 0 Å². The minimum atomic E-state index is -0.364. The Kier molecular flexibility index (Phi) is 16.3. The molecule has 5 rings (SSSR count). The zero-order chi connectivity index (χ0) is 42.9. The number of aromatic amines is 4. The van der Waals surface area contributed by atoms with E-state index in [4.69, 9.17) is 22.1 Å². The summed E-state index contributed by atoms with van der Waals surface area (Å²) >= 11 is 0. The second kappa shape index (κ2) is 21.6. The molecule has 0 fully saturated rings. The molecule has 0 atom stereocenters. The van der Waals surface area contributed by atoms with Crippen molar-refractivity contribution in [2.75, 3.05) is 26.2 Å². The van der Waals surface area contributed by atoms with Gasteiger partial charge in [0.1, 0.15) is 0 Å². The van der Waals surface area contributed by atoms with Crippen LogP contribution < -0.4 is 0 Å². The molecule has 4 N–H and O–H groups in total. The summed E-state index contributed by atoms with van der Waals surface area (Å²) in [6.45, 7) is 11.4. The van der Waals surface area contributed by atoms with E-state index in [-0.39, 0.29) is 21.7 Å². The molecule has 320 valence electrons. The van der Waals surface area contributed by atoms with Crippen LogP contribution in [0.5, 0.6) is 0 Å². The van der Waals surface area contributed by atoms with E-state index in [1.165, 1.54) is 0 Å². The molecule has 8 bridgehead atoms. The molecule has 0 aromatic carbocycles. The molecular formula is C44H64N16. The Morgan fingerprint density at radius 3 is 0.683 bits per heavy atom. The molecular weight excluding hydrogens is 753 g/mol. The van der Waals surface area contributed by atoms with Crippen molar-refractivity contribution in [2.24, 2.45) is 20.5 Å². The number of fused-ring (bicyclic) bond motifs is 8. The summed E-state index contributed by atoms with van der Waals surface area (Å²) < 4.78 is 0. The lowest BCUT2D eigenvalue weighted by Crippen LogP contribution is -2.30. The van der Waals surface area contributed by atoms with E-state index in [9.17, 15) is 0 Å². The first-order valence-corrected chi connectivity index (χ1v) is 21.9. The summed E-state index contributed by atoms with van der Waals surface area (Å²) in [5.41, 5.74) is 43.1. The zero-order valence-electron chi connectivity index (χ0n) is 36.1. The molecule has 1 aliphatic heterocycles. The number of rotatable bonds is 24. The Morgan fingerprint density at radius 1 is 0.333 bits per heavy atom. The number of nitrogens with one attached hydrogen (secondary N) is 4. The summed E-state index contributed by atoms with van der Waals surface area (Å²) in [7, 11) is 0. The minimum absolute atomic E-state index is 0.364. The van der Waals surface area contributed by atoms with Crippen molar-refractivity contribution in [3.05, 3.63) is 136 Å². The second-order valence-corrected chi connectivity index (χ2v) is 17.5. The largest absolute Gasteiger partial charge is 0.361 e. The molecule has 0 amide bonds. The Labute approximate surface area is 353 Å². The van der Waals surface area contributed by atoms with Gasteiger partial charge in [-0.15, -0.1) is 0 Å². The van der Waals surface area contributed by atoms with Crippen LogP contribution in [0.1, 0.15) is 176 Å². The van der Waals surface area contributed by atoms with E-state index in [2.05, 4.69) is 136 Å². The predicted octanol–water partition coefficient (Wildman–Crippen LogP) is 14.0. The Bertz CT molecular complexity index is 1780. The number of hydrogen-bond donors (Lipinski definition) is 4. The summed E-state index contributed by atoms with van der Waals surface area (Å²) in [5, 5.41) is 15.1. The van der Waals surface area contributed by atoms with Crippen LogP contribution in [0.2, 0.25) is 0 Å². The van der Waals surface area contributed by atoms with Crippen molar-refractivity contribution in [2.45, 2.75) is 152 Å². The van der Waals surface area contributed by atoms with Gasteiger partial charge in [-0.2, -0.15) is 0 Å². The molecule has 0 radical (unpaired) electrons. The maximum Gasteiger partial charge on any atom is 0.0475 e. The number of nitrogens with zero attached hydrogens (tertiary/aromatic N) is 12. The van der Waals surface area contributed by atoms with E-state index < -0.39 is 0 Å². The molecule has 0 spiro atoms. The molecule has 5 heterocycles. The van der Waals surface area contributed by atoms with Crippen LogP contribution in [0, 0.1) is 0 Å². The van der Waals surface area contributed by atoms with Gasteiger partial charge in [0.15, 0.2) is 0 Å². The molecule has 4 aromatic rings. The quantitative estimate of drug-likeness (QED) is 0.0223. The number of H-pyrrole nitrogens is 4. The van der Waals surface area contributed by atoms with Gasteiger partial charge in [-0.05, 0) is 150 Å². The van der Waals surface area contributed by atoms with E-state index in [1.807, 2.05) is 0 Å². The lowest BCUT2D eigenvalue weighted by molar-refractivity contribution is 0.427. The van der Waals surface area contributed by atoms with Crippen molar-refractivity contribution in [3.63, 3.8) is 0 Å². The average Bonchev–Trinajstić information content (AvgIpc) is 4.10. The fraction of sp³-hybridized carbons (Fsp3) is 0.636. The summed E-state index contributed by atoms with van der Waals surface area (Å²) in [6, 6.07) is 18.2. The third-order valence-electron chi connectivity index (χ3n) is 13.5. The molecule has 16 heteroatoms. The lowest BCUT2D eigenvalue weighted by Gasteiger charge is -2.33. The molecule has 4 aromatic heterocycles. The lowest BCUT2D eigenvalue weighted by atomic mass is 9.78. The molecule has 0 saturated heterocycles. The van der Waals surface area contributed by atoms with Crippen LogP contribution in [0.15, 0.2) is 69.0 Å². The zero-order valence-corrected chi connectivity index (χ0v) is 36.1. The fourth-order valence-electron chi connectivity index (χ4n) is 9.34. The maximum absolute atomic E-state index is 8.84. The summed E-state index contributed by atoms with van der Waals surface area (Å²) in [5.74, 6) is 0. The average molecular weight is 817 g/mol. The van der Waals surface area contributed by atoms with Crippen molar-refractivity contribution >= 4 is 0 Å².